The number of nitrogens with one attached hydrogen (secondary N) is 1. The normalized spacial score (nSPS) is 17.1. The number of fused-ring (bicyclic) bond motifs is 1. The number of hydrogen-bond donors (Lipinski definition) is 2. The first-order valence-corrected chi connectivity index (χ1v) is 13.1. The standard InChI is InChI=1S/C29H34N4O5/c1-21(23-5-3-2-4-6-23)15-27(34)32-11-9-29(36,10-12-32)19-33-20-31-26(17-28(33)35)30-18-22-7-8-24-25(16-22)38-14-13-37-24/h2-8,16-17,20-21,30,36H,9-15,18-19H2,1H3. The first-order chi connectivity index (χ1) is 18.4. The van der Waals surface area contributed by atoms with Gasteiger partial charge in [0.05, 0.1) is 18.5 Å². The molecule has 9 nitrogen and oxygen atoms in total. The number of nitrogens with zero attached hydrogens (tertiary/aromatic N) is 3. The molecule has 5 rings (SSSR count). The molecule has 0 saturated carbocycles. The van der Waals surface area contributed by atoms with Gasteiger partial charge >= 0.3 is 0 Å². The average Bonchev–Trinajstić information content (AvgIpc) is 2.94. The van der Waals surface area contributed by atoms with Gasteiger partial charge in [0.1, 0.15) is 19.0 Å². The van der Waals surface area contributed by atoms with Crippen molar-refractivity contribution in [1.29, 1.82) is 0 Å². The molecular weight excluding hydrogens is 484 g/mol. The van der Waals surface area contributed by atoms with Crippen molar-refractivity contribution in [2.75, 3.05) is 31.6 Å². The van der Waals surface area contributed by atoms with E-state index in [1.54, 1.807) is 0 Å². The number of likely N-dealkylation sites (tertiary alicyclic amines) is 1. The number of aromatic nitrogens is 2. The van der Waals surface area contributed by atoms with E-state index < -0.39 is 5.60 Å². The zero-order chi connectivity index (χ0) is 26.5. The lowest BCUT2D eigenvalue weighted by atomic mass is 9.90. The van der Waals surface area contributed by atoms with E-state index in [0.29, 0.717) is 63.7 Å². The Morgan fingerprint density at radius 2 is 1.82 bits per heavy atom. The number of carbonyl (C=O) groups excluding carboxylic acids is 1. The number of carbonyl (C=O) groups is 1. The molecule has 200 valence electrons. The quantitative estimate of drug-likeness (QED) is 0.472. The number of hydrogen-bond acceptors (Lipinski definition) is 7. The summed E-state index contributed by atoms with van der Waals surface area (Å²) in [5.41, 5.74) is 0.820. The lowest BCUT2D eigenvalue weighted by Crippen LogP contribution is -2.49. The molecule has 0 spiro atoms. The molecule has 2 aliphatic rings. The van der Waals surface area contributed by atoms with E-state index >= 15 is 0 Å². The van der Waals surface area contributed by atoms with Gasteiger partial charge in [-0.2, -0.15) is 0 Å². The molecule has 1 unspecified atom stereocenters. The van der Waals surface area contributed by atoms with Crippen LogP contribution in [0.4, 0.5) is 5.82 Å². The number of anilines is 1. The van der Waals surface area contributed by atoms with Gasteiger partial charge in [0, 0.05) is 32.1 Å². The molecule has 2 aromatic carbocycles. The third-order valence-electron chi connectivity index (χ3n) is 7.32. The summed E-state index contributed by atoms with van der Waals surface area (Å²) in [6.45, 7) is 4.68. The van der Waals surface area contributed by atoms with Crippen LogP contribution >= 0.6 is 0 Å². The highest BCUT2D eigenvalue weighted by Crippen LogP contribution is 2.31. The molecular formula is C29H34N4O5. The van der Waals surface area contributed by atoms with Crippen molar-refractivity contribution in [3.8, 4) is 11.5 Å². The van der Waals surface area contributed by atoms with Crippen molar-refractivity contribution in [2.24, 2.45) is 0 Å². The van der Waals surface area contributed by atoms with Crippen LogP contribution in [0.3, 0.4) is 0 Å². The van der Waals surface area contributed by atoms with Crippen LogP contribution in [0.2, 0.25) is 0 Å². The van der Waals surface area contributed by atoms with Crippen molar-refractivity contribution in [3.63, 3.8) is 0 Å². The van der Waals surface area contributed by atoms with Crippen LogP contribution in [0.15, 0.2) is 65.7 Å². The molecule has 0 radical (unpaired) electrons. The highest BCUT2D eigenvalue weighted by atomic mass is 16.6. The maximum atomic E-state index is 12.8. The molecule has 0 aliphatic carbocycles. The second kappa shape index (κ2) is 11.3. The summed E-state index contributed by atoms with van der Waals surface area (Å²) < 4.78 is 12.6. The maximum Gasteiger partial charge on any atom is 0.255 e. The fourth-order valence-electron chi connectivity index (χ4n) is 4.97. The lowest BCUT2D eigenvalue weighted by Gasteiger charge is -2.38. The second-order valence-electron chi connectivity index (χ2n) is 10.2. The Kier molecular flexibility index (Phi) is 7.64. The van der Waals surface area contributed by atoms with Crippen molar-refractivity contribution in [2.45, 2.75) is 50.8 Å². The first kappa shape index (κ1) is 25.8. The predicted molar refractivity (Wildman–Crippen MR) is 143 cm³/mol. The number of piperidine rings is 1. The minimum atomic E-state index is -1.06. The molecule has 1 amide bonds. The summed E-state index contributed by atoms with van der Waals surface area (Å²) >= 11 is 0. The summed E-state index contributed by atoms with van der Waals surface area (Å²) in [6, 6.07) is 17.2. The Balaban J connectivity index is 1.12. The molecule has 0 bridgehead atoms. The highest BCUT2D eigenvalue weighted by molar-refractivity contribution is 5.77. The smallest absolute Gasteiger partial charge is 0.255 e. The number of aliphatic hydroxyl groups is 1. The van der Waals surface area contributed by atoms with Crippen LogP contribution < -0.4 is 20.3 Å². The Morgan fingerprint density at radius 3 is 2.55 bits per heavy atom. The third kappa shape index (κ3) is 6.16. The van der Waals surface area contributed by atoms with Crippen molar-refractivity contribution < 1.29 is 19.4 Å². The van der Waals surface area contributed by atoms with Gasteiger partial charge in [0.2, 0.25) is 5.91 Å². The Hall–Kier alpha value is -3.85. The minimum absolute atomic E-state index is 0.0932. The minimum Gasteiger partial charge on any atom is -0.486 e. The molecule has 3 heterocycles. The van der Waals surface area contributed by atoms with E-state index in [9.17, 15) is 14.7 Å². The number of amides is 1. The monoisotopic (exact) mass is 518 g/mol. The van der Waals surface area contributed by atoms with Gasteiger partial charge in [-0.15, -0.1) is 0 Å². The summed E-state index contributed by atoms with van der Waals surface area (Å²) in [5, 5.41) is 14.3. The van der Waals surface area contributed by atoms with E-state index in [2.05, 4.69) is 17.2 Å². The molecule has 38 heavy (non-hydrogen) atoms. The van der Waals surface area contributed by atoms with Crippen molar-refractivity contribution in [3.05, 3.63) is 82.4 Å². The molecule has 1 fully saturated rings. The van der Waals surface area contributed by atoms with Gasteiger partial charge in [0.15, 0.2) is 11.5 Å². The summed E-state index contributed by atoms with van der Waals surface area (Å²) in [5.74, 6) is 2.13. The number of ether oxygens (including phenoxy) is 2. The Bertz CT molecular complexity index is 1320. The first-order valence-electron chi connectivity index (χ1n) is 13.1. The maximum absolute atomic E-state index is 12.8. The van der Waals surface area contributed by atoms with Gasteiger partial charge in [-0.25, -0.2) is 4.98 Å². The summed E-state index contributed by atoms with van der Waals surface area (Å²) in [7, 11) is 0. The fraction of sp³-hybridized carbons (Fsp3) is 0.414. The van der Waals surface area contributed by atoms with Crippen molar-refractivity contribution in [1.82, 2.24) is 14.5 Å². The topological polar surface area (TPSA) is 106 Å². The Morgan fingerprint density at radius 1 is 1.08 bits per heavy atom. The molecule has 1 saturated heterocycles. The van der Waals surface area contributed by atoms with Crippen LogP contribution in [0.5, 0.6) is 11.5 Å². The van der Waals surface area contributed by atoms with E-state index in [1.165, 1.54) is 17.0 Å². The van der Waals surface area contributed by atoms with Crippen molar-refractivity contribution >= 4 is 11.7 Å². The zero-order valence-corrected chi connectivity index (χ0v) is 21.6. The summed E-state index contributed by atoms with van der Waals surface area (Å²) in [6.07, 6.45) is 2.72. The molecule has 1 atom stereocenters. The lowest BCUT2D eigenvalue weighted by molar-refractivity contribution is -0.136. The van der Waals surface area contributed by atoms with Gasteiger partial charge in [0.25, 0.3) is 5.56 Å². The summed E-state index contributed by atoms with van der Waals surface area (Å²) in [4.78, 5) is 31.8. The fourth-order valence-corrected chi connectivity index (χ4v) is 4.97. The van der Waals surface area contributed by atoms with Gasteiger partial charge in [-0.1, -0.05) is 43.3 Å². The van der Waals surface area contributed by atoms with E-state index in [4.69, 9.17) is 9.47 Å². The molecule has 9 heteroatoms. The molecule has 2 aliphatic heterocycles. The van der Waals surface area contributed by atoms with Gasteiger partial charge in [-0.3, -0.25) is 14.2 Å². The van der Waals surface area contributed by atoms with Crippen LogP contribution in [0.1, 0.15) is 43.2 Å². The predicted octanol–water partition coefficient (Wildman–Crippen LogP) is 3.17. The molecule has 2 N–H and O–H groups in total. The second-order valence-corrected chi connectivity index (χ2v) is 10.2. The zero-order valence-electron chi connectivity index (χ0n) is 21.6. The average molecular weight is 519 g/mol. The highest BCUT2D eigenvalue weighted by Gasteiger charge is 2.34. The van der Waals surface area contributed by atoms with E-state index in [0.717, 1.165) is 16.9 Å². The van der Waals surface area contributed by atoms with E-state index in [-0.39, 0.29) is 23.9 Å². The largest absolute Gasteiger partial charge is 0.486 e. The van der Waals surface area contributed by atoms with E-state index in [1.807, 2.05) is 53.4 Å². The number of rotatable bonds is 8. The third-order valence-corrected chi connectivity index (χ3v) is 7.32. The van der Waals surface area contributed by atoms with Crippen LogP contribution in [0.25, 0.3) is 0 Å². The van der Waals surface area contributed by atoms with Crippen LogP contribution in [-0.2, 0) is 17.9 Å². The van der Waals surface area contributed by atoms with Gasteiger partial charge < -0.3 is 24.8 Å². The van der Waals surface area contributed by atoms with Crippen LogP contribution in [-0.4, -0.2) is 57.4 Å². The SMILES string of the molecule is CC(CC(=O)N1CCC(O)(Cn2cnc(NCc3ccc4c(c3)OCCO4)cc2=O)CC1)c1ccccc1. The number of benzene rings is 2. The van der Waals surface area contributed by atoms with Crippen LogP contribution in [0, 0.1) is 0 Å². The Labute approximate surface area is 222 Å². The van der Waals surface area contributed by atoms with Gasteiger partial charge in [-0.05, 0) is 42.0 Å². The molecule has 1 aromatic heterocycles. The molecule has 3 aromatic rings.